The molecule has 62 valence electrons. The molecule has 0 N–H and O–H groups in total. The van der Waals surface area contributed by atoms with Crippen molar-refractivity contribution in [3.63, 3.8) is 0 Å². The van der Waals surface area contributed by atoms with Crippen LogP contribution in [0.4, 0.5) is 0 Å². The number of nitrogens with zero attached hydrogens (tertiary/aromatic N) is 2. The van der Waals surface area contributed by atoms with Crippen LogP contribution in [0.2, 0.25) is 0 Å². The minimum absolute atomic E-state index is 0.390. The largest absolute Gasteiger partial charge is 0.181 e. The van der Waals surface area contributed by atoms with E-state index in [2.05, 4.69) is 30.2 Å². The summed E-state index contributed by atoms with van der Waals surface area (Å²) in [7, 11) is 0. The maximum atomic E-state index is 4.16. The molecule has 0 fully saturated rings. The van der Waals surface area contributed by atoms with E-state index in [9.17, 15) is 0 Å². The molecule has 0 saturated heterocycles. The van der Waals surface area contributed by atoms with Crippen LogP contribution in [0.15, 0.2) is 22.0 Å². The number of hydrogen-bond acceptors (Lipinski definition) is 2. The van der Waals surface area contributed by atoms with Crippen molar-refractivity contribution in [2.75, 3.05) is 0 Å². The molecular weight excluding hydrogens is 136 g/mol. The summed E-state index contributed by atoms with van der Waals surface area (Å²) in [6.07, 6.45) is 6.80. The van der Waals surface area contributed by atoms with E-state index in [0.717, 1.165) is 12.8 Å². The molecule has 0 aromatic carbocycles. The number of rotatable bonds is 4. The summed E-state index contributed by atoms with van der Waals surface area (Å²) in [5.74, 6) is 0. The Hall–Kier alpha value is -0.660. The second-order valence-corrected chi connectivity index (χ2v) is 2.98. The molecule has 1 unspecified atom stereocenters. The predicted molar refractivity (Wildman–Crippen MR) is 46.5 cm³/mol. The van der Waals surface area contributed by atoms with Gasteiger partial charge in [0.25, 0.3) is 0 Å². The Bertz CT molecular complexity index is 170. The van der Waals surface area contributed by atoms with Gasteiger partial charge in [0, 0.05) is 0 Å². The Labute approximate surface area is 68.4 Å². The van der Waals surface area contributed by atoms with Gasteiger partial charge in [-0.15, -0.1) is 0 Å². The Morgan fingerprint density at radius 3 is 2.82 bits per heavy atom. The van der Waals surface area contributed by atoms with E-state index >= 15 is 0 Å². The highest BCUT2D eigenvalue weighted by atomic mass is 15.1. The van der Waals surface area contributed by atoms with Crippen molar-refractivity contribution in [2.45, 2.75) is 45.6 Å². The van der Waals surface area contributed by atoms with Crippen LogP contribution in [-0.4, -0.2) is 6.04 Å². The quantitative estimate of drug-likeness (QED) is 0.590. The lowest BCUT2D eigenvalue weighted by molar-refractivity contribution is 0.696. The van der Waals surface area contributed by atoms with Gasteiger partial charge in [0.15, 0.2) is 0 Å². The third kappa shape index (κ3) is 2.45. The third-order valence-corrected chi connectivity index (χ3v) is 1.81. The standard InChI is InChI=1S/C9H16N2/c1-3-5-8-7-9(6-4-2)11-10-8/h7-8H,3-6H2,1-2H3. The first kappa shape index (κ1) is 8.44. The smallest absolute Gasteiger partial charge is 0.0913 e. The maximum absolute atomic E-state index is 4.16. The highest BCUT2D eigenvalue weighted by Gasteiger charge is 2.09. The zero-order chi connectivity index (χ0) is 8.10. The SMILES string of the molecule is CCCC1=CC(CCC)N=N1. The molecule has 2 heteroatoms. The Morgan fingerprint density at radius 2 is 2.18 bits per heavy atom. The monoisotopic (exact) mass is 152 g/mol. The summed E-state index contributed by atoms with van der Waals surface area (Å²) in [6, 6.07) is 0.390. The fourth-order valence-corrected chi connectivity index (χ4v) is 1.26. The molecule has 1 aliphatic rings. The first-order valence-corrected chi connectivity index (χ1v) is 4.48. The highest BCUT2D eigenvalue weighted by Crippen LogP contribution is 2.19. The summed E-state index contributed by atoms with van der Waals surface area (Å²) >= 11 is 0. The van der Waals surface area contributed by atoms with Gasteiger partial charge in [-0.05, 0) is 18.9 Å². The number of azo groups is 1. The molecule has 0 amide bonds. The van der Waals surface area contributed by atoms with Gasteiger partial charge in [-0.25, -0.2) is 0 Å². The van der Waals surface area contributed by atoms with E-state index in [1.54, 1.807) is 0 Å². The minimum atomic E-state index is 0.390. The zero-order valence-corrected chi connectivity index (χ0v) is 7.38. The number of hydrogen-bond donors (Lipinski definition) is 0. The van der Waals surface area contributed by atoms with Crippen molar-refractivity contribution in [1.82, 2.24) is 0 Å². The minimum Gasteiger partial charge on any atom is -0.181 e. The van der Waals surface area contributed by atoms with Gasteiger partial charge in [-0.2, -0.15) is 10.2 Å². The molecule has 0 aromatic heterocycles. The Balaban J connectivity index is 2.36. The molecule has 1 rings (SSSR count). The van der Waals surface area contributed by atoms with Gasteiger partial charge in [0.2, 0.25) is 0 Å². The molecule has 11 heavy (non-hydrogen) atoms. The van der Waals surface area contributed by atoms with Gasteiger partial charge in [-0.3, -0.25) is 0 Å². The summed E-state index contributed by atoms with van der Waals surface area (Å²) in [5, 5.41) is 8.27. The van der Waals surface area contributed by atoms with E-state index in [4.69, 9.17) is 0 Å². The van der Waals surface area contributed by atoms with E-state index in [1.807, 2.05) is 0 Å². The number of allylic oxidation sites excluding steroid dienone is 1. The van der Waals surface area contributed by atoms with Crippen molar-refractivity contribution in [2.24, 2.45) is 10.2 Å². The normalized spacial score (nSPS) is 22.4. The van der Waals surface area contributed by atoms with E-state index in [-0.39, 0.29) is 0 Å². The van der Waals surface area contributed by atoms with Gasteiger partial charge in [0.1, 0.15) is 0 Å². The lowest BCUT2D eigenvalue weighted by Crippen LogP contribution is -1.94. The van der Waals surface area contributed by atoms with Crippen LogP contribution in [0.1, 0.15) is 39.5 Å². The van der Waals surface area contributed by atoms with Gasteiger partial charge < -0.3 is 0 Å². The molecule has 0 spiro atoms. The van der Waals surface area contributed by atoms with Gasteiger partial charge in [0.05, 0.1) is 11.7 Å². The lowest BCUT2D eigenvalue weighted by Gasteiger charge is -1.96. The Kier molecular flexibility index (Phi) is 3.27. The van der Waals surface area contributed by atoms with Crippen LogP contribution in [-0.2, 0) is 0 Å². The molecule has 0 bridgehead atoms. The summed E-state index contributed by atoms with van der Waals surface area (Å²) in [4.78, 5) is 0. The second-order valence-electron chi connectivity index (χ2n) is 2.98. The zero-order valence-electron chi connectivity index (χ0n) is 7.38. The summed E-state index contributed by atoms with van der Waals surface area (Å²) < 4.78 is 0. The summed E-state index contributed by atoms with van der Waals surface area (Å²) in [6.45, 7) is 4.35. The predicted octanol–water partition coefficient (Wildman–Crippen LogP) is 3.30. The molecule has 1 heterocycles. The van der Waals surface area contributed by atoms with Crippen molar-refractivity contribution in [3.05, 3.63) is 11.8 Å². The van der Waals surface area contributed by atoms with Crippen molar-refractivity contribution >= 4 is 0 Å². The fourth-order valence-electron chi connectivity index (χ4n) is 1.26. The van der Waals surface area contributed by atoms with Gasteiger partial charge in [-0.1, -0.05) is 26.7 Å². The Morgan fingerprint density at radius 1 is 1.36 bits per heavy atom. The molecule has 0 aliphatic carbocycles. The van der Waals surface area contributed by atoms with E-state index < -0.39 is 0 Å². The van der Waals surface area contributed by atoms with Crippen LogP contribution >= 0.6 is 0 Å². The first-order chi connectivity index (χ1) is 5.36. The first-order valence-electron chi connectivity index (χ1n) is 4.48. The van der Waals surface area contributed by atoms with Crippen LogP contribution < -0.4 is 0 Å². The average molecular weight is 152 g/mol. The van der Waals surface area contributed by atoms with Crippen LogP contribution in [0.25, 0.3) is 0 Å². The molecular formula is C9H16N2. The molecule has 2 nitrogen and oxygen atoms in total. The lowest BCUT2D eigenvalue weighted by atomic mass is 10.1. The molecule has 1 atom stereocenters. The van der Waals surface area contributed by atoms with E-state index in [0.29, 0.717) is 6.04 Å². The van der Waals surface area contributed by atoms with E-state index in [1.165, 1.54) is 18.5 Å². The van der Waals surface area contributed by atoms with Crippen LogP contribution in [0.5, 0.6) is 0 Å². The second kappa shape index (κ2) is 4.27. The maximum Gasteiger partial charge on any atom is 0.0913 e. The fraction of sp³-hybridized carbons (Fsp3) is 0.778. The van der Waals surface area contributed by atoms with Crippen molar-refractivity contribution < 1.29 is 0 Å². The summed E-state index contributed by atoms with van der Waals surface area (Å²) in [5.41, 5.74) is 1.19. The van der Waals surface area contributed by atoms with Crippen LogP contribution in [0.3, 0.4) is 0 Å². The topological polar surface area (TPSA) is 24.7 Å². The molecule has 0 aromatic rings. The average Bonchev–Trinajstić information content (AvgIpc) is 2.38. The molecule has 0 radical (unpaired) electrons. The van der Waals surface area contributed by atoms with Gasteiger partial charge >= 0.3 is 0 Å². The van der Waals surface area contributed by atoms with Crippen molar-refractivity contribution in [3.8, 4) is 0 Å². The van der Waals surface area contributed by atoms with Crippen LogP contribution in [0, 0.1) is 0 Å². The molecule has 1 aliphatic heterocycles. The highest BCUT2D eigenvalue weighted by molar-refractivity contribution is 5.09. The molecule has 0 saturated carbocycles. The third-order valence-electron chi connectivity index (χ3n) is 1.81. The van der Waals surface area contributed by atoms with Crippen molar-refractivity contribution in [1.29, 1.82) is 0 Å².